The van der Waals surface area contributed by atoms with E-state index in [-0.39, 0.29) is 11.4 Å². The van der Waals surface area contributed by atoms with Crippen LogP contribution < -0.4 is 5.32 Å². The first-order valence-electron chi connectivity index (χ1n) is 8.42. The first kappa shape index (κ1) is 15.4. The molecule has 27 heavy (non-hydrogen) atoms. The van der Waals surface area contributed by atoms with Crippen LogP contribution in [-0.4, -0.2) is 20.0 Å². The van der Waals surface area contributed by atoms with Gasteiger partial charge in [0, 0.05) is 34.6 Å². The second-order valence-electron chi connectivity index (χ2n) is 6.45. The molecule has 5 rings (SSSR count). The highest BCUT2D eigenvalue weighted by molar-refractivity contribution is 6.01. The van der Waals surface area contributed by atoms with Crippen molar-refractivity contribution in [3.05, 3.63) is 82.2 Å². The maximum absolute atomic E-state index is 11.6. The van der Waals surface area contributed by atoms with E-state index in [0.717, 1.165) is 33.4 Å². The molecule has 0 aliphatic carbocycles. The highest BCUT2D eigenvalue weighted by Crippen LogP contribution is 2.45. The quantitative estimate of drug-likeness (QED) is 0.365. The van der Waals surface area contributed by atoms with Crippen LogP contribution in [0.3, 0.4) is 0 Å². The number of phenolic OH excluding ortho intramolecular Hbond substituents is 1. The van der Waals surface area contributed by atoms with Gasteiger partial charge in [0.1, 0.15) is 11.4 Å². The molecule has 1 aliphatic heterocycles. The zero-order valence-corrected chi connectivity index (χ0v) is 14.0. The second-order valence-corrected chi connectivity index (χ2v) is 6.45. The zero-order valence-electron chi connectivity index (χ0n) is 14.0. The molecule has 132 valence electrons. The Labute approximate surface area is 153 Å². The molecule has 3 N–H and O–H groups in total. The number of aromatic amines is 1. The molecule has 1 aliphatic rings. The van der Waals surface area contributed by atoms with Crippen molar-refractivity contribution in [2.24, 2.45) is 0 Å². The van der Waals surface area contributed by atoms with Crippen LogP contribution >= 0.6 is 0 Å². The Bertz CT molecular complexity index is 1220. The summed E-state index contributed by atoms with van der Waals surface area (Å²) in [5.41, 5.74) is 4.86. The van der Waals surface area contributed by atoms with E-state index in [2.05, 4.69) is 15.3 Å². The predicted octanol–water partition coefficient (Wildman–Crippen LogP) is 4.36. The van der Waals surface area contributed by atoms with Crippen LogP contribution in [-0.2, 0) is 0 Å². The normalized spacial score (nSPS) is 15.0. The SMILES string of the molecule is O=[N+]([O-])c1cc(O)ccc1[C@H]1Nc2ccccc2-c2ccnc3[nH]cc1c23. The number of pyridine rings is 1. The Hall–Kier alpha value is -3.87. The van der Waals surface area contributed by atoms with E-state index in [9.17, 15) is 15.2 Å². The van der Waals surface area contributed by atoms with Crippen molar-refractivity contribution in [2.45, 2.75) is 6.04 Å². The average molecular weight is 358 g/mol. The number of aromatic hydroxyl groups is 1. The van der Waals surface area contributed by atoms with Gasteiger partial charge < -0.3 is 15.4 Å². The third kappa shape index (κ3) is 2.25. The molecule has 4 aromatic rings. The predicted molar refractivity (Wildman–Crippen MR) is 102 cm³/mol. The van der Waals surface area contributed by atoms with Crippen molar-refractivity contribution < 1.29 is 10.0 Å². The highest BCUT2D eigenvalue weighted by Gasteiger charge is 2.30. The van der Waals surface area contributed by atoms with Gasteiger partial charge in [-0.25, -0.2) is 4.98 Å². The first-order valence-corrected chi connectivity index (χ1v) is 8.42. The van der Waals surface area contributed by atoms with E-state index in [1.165, 1.54) is 12.1 Å². The van der Waals surface area contributed by atoms with Crippen LogP contribution in [0, 0.1) is 10.1 Å². The smallest absolute Gasteiger partial charge is 0.278 e. The fraction of sp³-hybridized carbons (Fsp3) is 0.0500. The van der Waals surface area contributed by atoms with Gasteiger partial charge in [-0.15, -0.1) is 0 Å². The van der Waals surface area contributed by atoms with Crippen molar-refractivity contribution in [3.63, 3.8) is 0 Å². The third-order valence-electron chi connectivity index (χ3n) is 4.95. The summed E-state index contributed by atoms with van der Waals surface area (Å²) in [5.74, 6) is -0.138. The standard InChI is InChI=1S/C20H14N4O3/c25-11-5-6-14(17(9-11)24(26)27)19-15-10-22-20-18(15)13(7-8-21-20)12-3-1-2-4-16(12)23-19/h1-10,19,23,25H,(H,21,22)/t19-/m1/s1. The number of phenols is 1. The van der Waals surface area contributed by atoms with Crippen LogP contribution in [0.25, 0.3) is 22.2 Å². The van der Waals surface area contributed by atoms with Crippen molar-refractivity contribution in [2.75, 3.05) is 5.32 Å². The molecule has 0 amide bonds. The zero-order chi connectivity index (χ0) is 18.5. The third-order valence-corrected chi connectivity index (χ3v) is 4.95. The van der Waals surface area contributed by atoms with Gasteiger partial charge in [0.2, 0.25) is 0 Å². The molecule has 0 radical (unpaired) electrons. The van der Waals surface area contributed by atoms with Crippen molar-refractivity contribution in [1.82, 2.24) is 9.97 Å². The maximum Gasteiger partial charge on any atom is 0.278 e. The molecular weight excluding hydrogens is 344 g/mol. The molecule has 0 saturated carbocycles. The lowest BCUT2D eigenvalue weighted by Gasteiger charge is -2.19. The van der Waals surface area contributed by atoms with Gasteiger partial charge in [0.15, 0.2) is 0 Å². The van der Waals surface area contributed by atoms with E-state index < -0.39 is 11.0 Å². The number of aromatic nitrogens is 2. The number of H-pyrrole nitrogens is 1. The minimum Gasteiger partial charge on any atom is -0.508 e. The number of nitro benzene ring substituents is 1. The largest absolute Gasteiger partial charge is 0.508 e. The number of benzene rings is 2. The van der Waals surface area contributed by atoms with Gasteiger partial charge in [-0.2, -0.15) is 0 Å². The lowest BCUT2D eigenvalue weighted by molar-refractivity contribution is -0.385. The van der Waals surface area contributed by atoms with Crippen LogP contribution in [0.5, 0.6) is 5.75 Å². The molecule has 0 saturated heterocycles. The molecular formula is C20H14N4O3. The van der Waals surface area contributed by atoms with Gasteiger partial charge in [-0.1, -0.05) is 18.2 Å². The summed E-state index contributed by atoms with van der Waals surface area (Å²) in [6, 6.07) is 13.6. The Morgan fingerprint density at radius 3 is 2.78 bits per heavy atom. The highest BCUT2D eigenvalue weighted by atomic mass is 16.6. The minimum atomic E-state index is -0.471. The van der Waals surface area contributed by atoms with Crippen molar-refractivity contribution in [1.29, 1.82) is 0 Å². The van der Waals surface area contributed by atoms with Crippen LogP contribution in [0.4, 0.5) is 11.4 Å². The monoisotopic (exact) mass is 358 g/mol. The number of hydrogen-bond acceptors (Lipinski definition) is 5. The number of rotatable bonds is 2. The minimum absolute atomic E-state index is 0.133. The molecule has 0 spiro atoms. The fourth-order valence-corrected chi connectivity index (χ4v) is 3.79. The van der Waals surface area contributed by atoms with Gasteiger partial charge in [0.25, 0.3) is 5.69 Å². The lowest BCUT2D eigenvalue weighted by Crippen LogP contribution is -2.13. The number of fused-ring (bicyclic) bond motifs is 2. The van der Waals surface area contributed by atoms with E-state index in [4.69, 9.17) is 0 Å². The first-order chi connectivity index (χ1) is 13.1. The van der Waals surface area contributed by atoms with Crippen LogP contribution in [0.1, 0.15) is 17.2 Å². The van der Waals surface area contributed by atoms with Gasteiger partial charge in [-0.05, 0) is 29.8 Å². The van der Waals surface area contributed by atoms with Crippen LogP contribution in [0.15, 0.2) is 60.9 Å². The molecule has 1 atom stereocenters. The van der Waals surface area contributed by atoms with E-state index >= 15 is 0 Å². The number of para-hydroxylation sites is 1. The summed E-state index contributed by atoms with van der Waals surface area (Å²) in [7, 11) is 0. The number of anilines is 1. The molecule has 2 aromatic carbocycles. The molecule has 7 nitrogen and oxygen atoms in total. The van der Waals surface area contributed by atoms with Gasteiger partial charge in [0.05, 0.1) is 22.6 Å². The number of nitrogens with zero attached hydrogens (tertiary/aromatic N) is 2. The van der Waals surface area contributed by atoms with E-state index in [0.29, 0.717) is 5.56 Å². The van der Waals surface area contributed by atoms with Crippen molar-refractivity contribution >= 4 is 22.4 Å². The summed E-state index contributed by atoms with van der Waals surface area (Å²) in [4.78, 5) is 18.7. The molecule has 2 aromatic heterocycles. The lowest BCUT2D eigenvalue weighted by atomic mass is 9.96. The molecule has 0 bridgehead atoms. The number of nitrogens with one attached hydrogen (secondary N) is 2. The summed E-state index contributed by atoms with van der Waals surface area (Å²) < 4.78 is 0. The Morgan fingerprint density at radius 1 is 1.07 bits per heavy atom. The summed E-state index contributed by atoms with van der Waals surface area (Å²) >= 11 is 0. The molecule has 0 fully saturated rings. The summed E-state index contributed by atoms with van der Waals surface area (Å²) in [6.07, 6.45) is 3.58. The average Bonchev–Trinajstić information content (AvgIpc) is 3.04. The maximum atomic E-state index is 11.6. The number of hydrogen-bond donors (Lipinski definition) is 3. The summed E-state index contributed by atoms with van der Waals surface area (Å²) in [6.45, 7) is 0. The van der Waals surface area contributed by atoms with Gasteiger partial charge in [-0.3, -0.25) is 10.1 Å². The van der Waals surface area contributed by atoms with Crippen molar-refractivity contribution in [3.8, 4) is 16.9 Å². The number of nitro groups is 1. The molecule has 0 unspecified atom stereocenters. The van der Waals surface area contributed by atoms with E-state index in [1.54, 1.807) is 12.3 Å². The topological polar surface area (TPSA) is 104 Å². The van der Waals surface area contributed by atoms with E-state index in [1.807, 2.05) is 36.5 Å². The Morgan fingerprint density at radius 2 is 1.93 bits per heavy atom. The molecule has 3 heterocycles. The second kappa shape index (κ2) is 5.57. The fourth-order valence-electron chi connectivity index (χ4n) is 3.79. The molecule has 7 heteroatoms. The van der Waals surface area contributed by atoms with Crippen LogP contribution in [0.2, 0.25) is 0 Å². The van der Waals surface area contributed by atoms with Gasteiger partial charge >= 0.3 is 0 Å². The summed E-state index contributed by atoms with van der Waals surface area (Å²) in [5, 5.41) is 25.7. The Kier molecular flexibility index (Phi) is 3.17. The Balaban J connectivity index is 1.84.